The number of carbonyl (C=O) groups excluding carboxylic acids is 2. The van der Waals surface area contributed by atoms with Crippen molar-refractivity contribution in [2.45, 2.75) is 51.5 Å². The first-order chi connectivity index (χ1) is 12.0. The van der Waals surface area contributed by atoms with Gasteiger partial charge in [0.2, 0.25) is 5.91 Å². The van der Waals surface area contributed by atoms with Crippen molar-refractivity contribution in [3.8, 4) is 0 Å². The fraction of sp³-hybridized carbons (Fsp3) is 0.556. The van der Waals surface area contributed by atoms with Crippen LogP contribution in [0.25, 0.3) is 0 Å². The van der Waals surface area contributed by atoms with Crippen molar-refractivity contribution in [3.05, 3.63) is 29.8 Å². The minimum absolute atomic E-state index is 0.214. The molecule has 1 aromatic rings. The molecule has 1 amide bonds. The number of nitrogens with one attached hydrogen (secondary N) is 1. The molecule has 1 rings (SSSR count). The second kappa shape index (κ2) is 9.12. The first-order valence-corrected chi connectivity index (χ1v) is 9.79. The molecule has 2 atom stereocenters. The van der Waals surface area contributed by atoms with Crippen molar-refractivity contribution in [3.63, 3.8) is 0 Å². The average Bonchev–Trinajstić information content (AvgIpc) is 2.52. The van der Waals surface area contributed by atoms with Gasteiger partial charge >= 0.3 is 10.2 Å². The first kappa shape index (κ1) is 22.1. The van der Waals surface area contributed by atoms with E-state index >= 15 is 0 Å². The summed E-state index contributed by atoms with van der Waals surface area (Å²) in [4.78, 5) is 22.9. The number of hydrogen-bond acceptors (Lipinski definition) is 5. The molecular formula is C18H26FNO5S. The Kier molecular flexibility index (Phi) is 7.74. The van der Waals surface area contributed by atoms with Gasteiger partial charge in [-0.15, -0.1) is 3.89 Å². The Morgan fingerprint density at radius 2 is 1.85 bits per heavy atom. The number of amides is 1. The van der Waals surface area contributed by atoms with Gasteiger partial charge in [-0.3, -0.25) is 9.59 Å². The lowest BCUT2D eigenvalue weighted by molar-refractivity contribution is -0.146. The van der Waals surface area contributed by atoms with Gasteiger partial charge in [0.1, 0.15) is 6.10 Å². The van der Waals surface area contributed by atoms with Gasteiger partial charge in [-0.05, 0) is 36.0 Å². The summed E-state index contributed by atoms with van der Waals surface area (Å²) in [5.74, 6) is -0.717. The van der Waals surface area contributed by atoms with Crippen molar-refractivity contribution in [2.75, 3.05) is 6.54 Å². The second-order valence-electron chi connectivity index (χ2n) is 7.15. The van der Waals surface area contributed by atoms with E-state index in [0.717, 1.165) is 5.56 Å². The highest BCUT2D eigenvalue weighted by Gasteiger charge is 2.38. The van der Waals surface area contributed by atoms with Crippen LogP contribution < -0.4 is 5.32 Å². The highest BCUT2D eigenvalue weighted by Crippen LogP contribution is 2.31. The zero-order chi connectivity index (χ0) is 20.0. The molecule has 0 aliphatic carbocycles. The normalized spacial score (nSPS) is 14.3. The fourth-order valence-electron chi connectivity index (χ4n) is 2.86. The third kappa shape index (κ3) is 6.40. The van der Waals surface area contributed by atoms with Gasteiger partial charge in [-0.1, -0.05) is 39.8 Å². The van der Waals surface area contributed by atoms with E-state index in [2.05, 4.69) is 5.32 Å². The Bertz CT molecular complexity index is 710. The predicted octanol–water partition coefficient (Wildman–Crippen LogP) is 2.62. The van der Waals surface area contributed by atoms with E-state index in [1.165, 1.54) is 24.3 Å². The van der Waals surface area contributed by atoms with Gasteiger partial charge in [0.25, 0.3) is 6.47 Å². The van der Waals surface area contributed by atoms with E-state index < -0.39 is 32.6 Å². The van der Waals surface area contributed by atoms with Crippen molar-refractivity contribution < 1.29 is 26.6 Å². The minimum Gasteiger partial charge on any atom is -0.464 e. The number of hydrogen-bond donors (Lipinski definition) is 1. The van der Waals surface area contributed by atoms with Crippen molar-refractivity contribution >= 4 is 22.6 Å². The molecule has 0 fully saturated rings. The van der Waals surface area contributed by atoms with Crippen LogP contribution >= 0.6 is 0 Å². The van der Waals surface area contributed by atoms with Crippen LogP contribution in [0.5, 0.6) is 0 Å². The number of benzene rings is 1. The van der Waals surface area contributed by atoms with Crippen LogP contribution in [-0.2, 0) is 31.0 Å². The summed E-state index contributed by atoms with van der Waals surface area (Å²) in [6, 6.07) is 5.39. The summed E-state index contributed by atoms with van der Waals surface area (Å²) in [5, 5.41) is 2.83. The average molecular weight is 387 g/mol. The largest absolute Gasteiger partial charge is 0.464 e. The molecule has 2 unspecified atom stereocenters. The van der Waals surface area contributed by atoms with E-state index in [0.29, 0.717) is 25.9 Å². The fourth-order valence-corrected chi connectivity index (χ4v) is 3.32. The van der Waals surface area contributed by atoms with E-state index in [4.69, 9.17) is 4.74 Å². The monoisotopic (exact) mass is 387 g/mol. The lowest BCUT2D eigenvalue weighted by Gasteiger charge is -2.34. The van der Waals surface area contributed by atoms with Crippen LogP contribution in [0.3, 0.4) is 0 Å². The summed E-state index contributed by atoms with van der Waals surface area (Å²) in [7, 11) is -4.71. The number of rotatable bonds is 9. The van der Waals surface area contributed by atoms with E-state index in [1.807, 2.05) is 27.7 Å². The number of ether oxygens (including phenoxy) is 1. The molecule has 0 spiro atoms. The summed E-state index contributed by atoms with van der Waals surface area (Å²) >= 11 is 0. The standard InChI is InChI=1S/C18H26FNO5S/c1-5-15(25-12-21)16(18(2,3)4)17(22)20-11-10-13-6-8-14(9-7-13)26(19,23)24/h6-9,12,15-16H,5,10-11H2,1-4H3,(H,20,22). The smallest absolute Gasteiger partial charge is 0.332 e. The summed E-state index contributed by atoms with van der Waals surface area (Å²) in [6.45, 7) is 8.25. The Morgan fingerprint density at radius 1 is 1.27 bits per heavy atom. The molecule has 0 bridgehead atoms. The molecule has 0 aliphatic rings. The molecule has 26 heavy (non-hydrogen) atoms. The molecule has 1 N–H and O–H groups in total. The highest BCUT2D eigenvalue weighted by molar-refractivity contribution is 7.86. The second-order valence-corrected chi connectivity index (χ2v) is 8.49. The van der Waals surface area contributed by atoms with Gasteiger partial charge in [0, 0.05) is 6.54 Å². The topological polar surface area (TPSA) is 89.5 Å². The van der Waals surface area contributed by atoms with Gasteiger partial charge in [0.15, 0.2) is 0 Å². The zero-order valence-electron chi connectivity index (χ0n) is 15.5. The minimum atomic E-state index is -4.71. The van der Waals surface area contributed by atoms with Crippen molar-refractivity contribution in [1.29, 1.82) is 0 Å². The van der Waals surface area contributed by atoms with Gasteiger partial charge < -0.3 is 10.1 Å². The maximum Gasteiger partial charge on any atom is 0.332 e. The molecule has 146 valence electrons. The van der Waals surface area contributed by atoms with Crippen molar-refractivity contribution in [1.82, 2.24) is 5.32 Å². The Hall–Kier alpha value is -1.96. The lowest BCUT2D eigenvalue weighted by atomic mass is 9.76. The summed E-state index contributed by atoms with van der Waals surface area (Å²) < 4.78 is 39.5. The van der Waals surface area contributed by atoms with E-state index in [9.17, 15) is 21.9 Å². The molecule has 6 nitrogen and oxygen atoms in total. The number of carbonyl (C=O) groups is 2. The Morgan fingerprint density at radius 3 is 2.27 bits per heavy atom. The van der Waals surface area contributed by atoms with Crippen LogP contribution in [0.1, 0.15) is 39.7 Å². The molecule has 0 aromatic heterocycles. The molecule has 1 aromatic carbocycles. The third-order valence-corrected chi connectivity index (χ3v) is 4.97. The molecule has 8 heteroatoms. The van der Waals surface area contributed by atoms with Gasteiger partial charge in [-0.2, -0.15) is 8.42 Å². The molecule has 0 saturated carbocycles. The van der Waals surface area contributed by atoms with Gasteiger partial charge in [-0.25, -0.2) is 0 Å². The van der Waals surface area contributed by atoms with Gasteiger partial charge in [0.05, 0.1) is 10.8 Å². The third-order valence-electron chi connectivity index (χ3n) is 4.14. The molecule has 0 heterocycles. The van der Waals surface area contributed by atoms with Crippen LogP contribution in [0, 0.1) is 11.3 Å². The Labute approximate surface area is 154 Å². The summed E-state index contributed by atoms with van der Waals surface area (Å²) in [5.41, 5.74) is 0.367. The van der Waals surface area contributed by atoms with Crippen LogP contribution in [-0.4, -0.2) is 33.4 Å². The van der Waals surface area contributed by atoms with Crippen LogP contribution in [0.15, 0.2) is 29.2 Å². The predicted molar refractivity (Wildman–Crippen MR) is 95.6 cm³/mol. The highest BCUT2D eigenvalue weighted by atomic mass is 32.3. The lowest BCUT2D eigenvalue weighted by Crippen LogP contribution is -2.46. The van der Waals surface area contributed by atoms with Crippen LogP contribution in [0.2, 0.25) is 0 Å². The first-order valence-electron chi connectivity index (χ1n) is 8.41. The molecule has 0 radical (unpaired) electrons. The molecular weight excluding hydrogens is 361 g/mol. The SMILES string of the molecule is CCC(OC=O)C(C(=O)NCCc1ccc(S(=O)(=O)F)cc1)C(C)(C)C. The maximum atomic E-state index is 12.9. The van der Waals surface area contributed by atoms with Crippen molar-refractivity contribution in [2.24, 2.45) is 11.3 Å². The molecule has 0 saturated heterocycles. The Balaban J connectivity index is 2.72. The number of halogens is 1. The summed E-state index contributed by atoms with van der Waals surface area (Å²) in [6.07, 6.45) is 0.468. The maximum absolute atomic E-state index is 12.9. The van der Waals surface area contributed by atoms with Crippen LogP contribution in [0.4, 0.5) is 3.89 Å². The molecule has 0 aliphatic heterocycles. The van der Waals surface area contributed by atoms with E-state index in [-0.39, 0.29) is 5.91 Å². The quantitative estimate of drug-likeness (QED) is 0.520. The van der Waals surface area contributed by atoms with E-state index in [1.54, 1.807) is 0 Å². The zero-order valence-corrected chi connectivity index (χ0v) is 16.3.